The standard InChI is InChI=1S/C28H48O/c1-18(2)19(3)7-8-20(4)24-11-12-25-23-10-9-21-17-22(29)13-15-27(21,5)26(23)14-16-28(24,25)6/h18-21,23-26H,7-17H2,1-6H3/t19-,20+,21+,23-,24-,25+,26+,27+,28+/m0/s1. The van der Waals surface area contributed by atoms with Crippen molar-refractivity contribution in [3.63, 3.8) is 0 Å². The number of ketones is 1. The molecule has 4 saturated carbocycles. The fourth-order valence-corrected chi connectivity index (χ4v) is 9.08. The highest BCUT2D eigenvalue weighted by Crippen LogP contribution is 2.68. The van der Waals surface area contributed by atoms with E-state index in [1.165, 1.54) is 57.8 Å². The predicted molar refractivity (Wildman–Crippen MR) is 123 cm³/mol. The van der Waals surface area contributed by atoms with Gasteiger partial charge >= 0.3 is 0 Å². The molecule has 0 heterocycles. The topological polar surface area (TPSA) is 17.1 Å². The van der Waals surface area contributed by atoms with Crippen molar-refractivity contribution in [2.24, 2.45) is 58.2 Å². The van der Waals surface area contributed by atoms with Crippen LogP contribution in [0.4, 0.5) is 0 Å². The Balaban J connectivity index is 1.46. The van der Waals surface area contributed by atoms with Crippen molar-refractivity contribution in [3.8, 4) is 0 Å². The maximum absolute atomic E-state index is 12.1. The van der Waals surface area contributed by atoms with E-state index in [0.29, 0.717) is 22.5 Å². The van der Waals surface area contributed by atoms with Gasteiger partial charge in [-0.1, -0.05) is 54.4 Å². The van der Waals surface area contributed by atoms with Gasteiger partial charge in [0.1, 0.15) is 5.78 Å². The van der Waals surface area contributed by atoms with Gasteiger partial charge in [-0.3, -0.25) is 4.79 Å². The quantitative estimate of drug-likeness (QED) is 0.458. The highest BCUT2D eigenvalue weighted by atomic mass is 16.1. The average Bonchev–Trinajstić information content (AvgIpc) is 3.03. The average molecular weight is 401 g/mol. The van der Waals surface area contributed by atoms with E-state index >= 15 is 0 Å². The Hall–Kier alpha value is -0.330. The summed E-state index contributed by atoms with van der Waals surface area (Å²) in [6.07, 6.45) is 14.4. The van der Waals surface area contributed by atoms with Gasteiger partial charge in [-0.2, -0.15) is 0 Å². The molecule has 4 aliphatic rings. The van der Waals surface area contributed by atoms with Crippen molar-refractivity contribution < 1.29 is 4.79 Å². The van der Waals surface area contributed by atoms with E-state index < -0.39 is 0 Å². The third-order valence-corrected chi connectivity index (χ3v) is 11.5. The van der Waals surface area contributed by atoms with Crippen molar-refractivity contribution in [2.75, 3.05) is 0 Å². The lowest BCUT2D eigenvalue weighted by Gasteiger charge is -2.60. The molecule has 0 aromatic heterocycles. The van der Waals surface area contributed by atoms with Gasteiger partial charge in [0, 0.05) is 12.8 Å². The van der Waals surface area contributed by atoms with Crippen LogP contribution in [0, 0.1) is 58.2 Å². The molecule has 29 heavy (non-hydrogen) atoms. The molecule has 0 saturated heterocycles. The number of fused-ring (bicyclic) bond motifs is 5. The molecule has 4 fully saturated rings. The fraction of sp³-hybridized carbons (Fsp3) is 0.964. The zero-order chi connectivity index (χ0) is 21.0. The van der Waals surface area contributed by atoms with Crippen molar-refractivity contribution in [3.05, 3.63) is 0 Å². The van der Waals surface area contributed by atoms with Gasteiger partial charge in [-0.15, -0.1) is 0 Å². The molecule has 4 rings (SSSR count). The second kappa shape index (κ2) is 7.98. The smallest absolute Gasteiger partial charge is 0.133 e. The molecular formula is C28H48O. The Morgan fingerprint density at radius 1 is 0.862 bits per heavy atom. The molecule has 0 aromatic rings. The Bertz CT molecular complexity index is 607. The maximum atomic E-state index is 12.1. The minimum Gasteiger partial charge on any atom is -0.300 e. The number of hydrogen-bond acceptors (Lipinski definition) is 1. The van der Waals surface area contributed by atoms with Crippen LogP contribution in [0.5, 0.6) is 0 Å². The molecular weight excluding hydrogens is 352 g/mol. The molecule has 4 aliphatic carbocycles. The summed E-state index contributed by atoms with van der Waals surface area (Å²) in [5, 5.41) is 0. The molecule has 166 valence electrons. The van der Waals surface area contributed by atoms with Crippen molar-refractivity contribution in [1.29, 1.82) is 0 Å². The van der Waals surface area contributed by atoms with Crippen LogP contribution in [0.1, 0.15) is 112 Å². The maximum Gasteiger partial charge on any atom is 0.133 e. The van der Waals surface area contributed by atoms with Crippen LogP contribution in [0.2, 0.25) is 0 Å². The summed E-state index contributed by atoms with van der Waals surface area (Å²) in [5.41, 5.74) is 1.06. The first kappa shape index (κ1) is 21.9. The molecule has 1 heteroatoms. The highest BCUT2D eigenvalue weighted by Gasteiger charge is 2.60. The summed E-state index contributed by atoms with van der Waals surface area (Å²) in [6, 6.07) is 0. The lowest BCUT2D eigenvalue weighted by Crippen LogP contribution is -2.53. The normalized spacial score (nSPS) is 46.7. The first-order valence-corrected chi connectivity index (χ1v) is 13.2. The lowest BCUT2D eigenvalue weighted by molar-refractivity contribution is -0.140. The second-order valence-electron chi connectivity index (χ2n) is 12.9. The Kier molecular flexibility index (Phi) is 6.02. The SMILES string of the molecule is CC(C)[C@@H](C)CC[C@@H](C)[C@@H]1CC[C@@H]2[C@@H]3CC[C@@H]4CC(=O)CC[C@@]4(C)[C@@H]3CC[C@@]21C. The Morgan fingerprint density at radius 2 is 1.59 bits per heavy atom. The molecule has 0 aliphatic heterocycles. The minimum atomic E-state index is 0.467. The van der Waals surface area contributed by atoms with E-state index in [2.05, 4.69) is 41.5 Å². The minimum absolute atomic E-state index is 0.467. The van der Waals surface area contributed by atoms with Gasteiger partial charge in [0.2, 0.25) is 0 Å². The summed E-state index contributed by atoms with van der Waals surface area (Å²) in [4.78, 5) is 12.1. The first-order valence-electron chi connectivity index (χ1n) is 13.2. The summed E-state index contributed by atoms with van der Waals surface area (Å²) in [7, 11) is 0. The zero-order valence-corrected chi connectivity index (χ0v) is 20.3. The number of carbonyl (C=O) groups excluding carboxylic acids is 1. The van der Waals surface area contributed by atoms with Crippen LogP contribution in [0.25, 0.3) is 0 Å². The van der Waals surface area contributed by atoms with Crippen molar-refractivity contribution in [1.82, 2.24) is 0 Å². The molecule has 0 N–H and O–H groups in total. The van der Waals surface area contributed by atoms with Gasteiger partial charge in [-0.05, 0) is 103 Å². The van der Waals surface area contributed by atoms with Crippen LogP contribution >= 0.6 is 0 Å². The molecule has 0 radical (unpaired) electrons. The molecule has 0 bridgehead atoms. The van der Waals surface area contributed by atoms with Crippen LogP contribution < -0.4 is 0 Å². The number of hydrogen-bond donors (Lipinski definition) is 0. The third-order valence-electron chi connectivity index (χ3n) is 11.5. The molecule has 0 aromatic carbocycles. The van der Waals surface area contributed by atoms with Gasteiger partial charge in [0.15, 0.2) is 0 Å². The lowest BCUT2D eigenvalue weighted by atomic mass is 9.44. The predicted octanol–water partition coefficient (Wildman–Crippen LogP) is 7.92. The molecule has 1 nitrogen and oxygen atoms in total. The number of rotatable bonds is 5. The summed E-state index contributed by atoms with van der Waals surface area (Å²) in [5.74, 6) is 7.60. The number of carbonyl (C=O) groups is 1. The molecule has 0 amide bonds. The Labute approximate surface area is 181 Å². The highest BCUT2D eigenvalue weighted by molar-refractivity contribution is 5.79. The van der Waals surface area contributed by atoms with Crippen molar-refractivity contribution >= 4 is 5.78 Å². The van der Waals surface area contributed by atoms with Crippen LogP contribution in [-0.4, -0.2) is 5.78 Å². The second-order valence-corrected chi connectivity index (χ2v) is 12.9. The molecule has 0 spiro atoms. The summed E-state index contributed by atoms with van der Waals surface area (Å²) < 4.78 is 0. The Morgan fingerprint density at radius 3 is 2.31 bits per heavy atom. The zero-order valence-electron chi connectivity index (χ0n) is 20.3. The number of Topliss-reactive ketones (excluding diaryl/α,β-unsaturated/α-hetero) is 1. The molecule has 9 atom stereocenters. The van der Waals surface area contributed by atoms with Gasteiger partial charge < -0.3 is 0 Å². The van der Waals surface area contributed by atoms with E-state index in [-0.39, 0.29) is 0 Å². The van der Waals surface area contributed by atoms with Crippen LogP contribution in [0.15, 0.2) is 0 Å². The van der Waals surface area contributed by atoms with Gasteiger partial charge in [0.25, 0.3) is 0 Å². The largest absolute Gasteiger partial charge is 0.300 e. The summed E-state index contributed by atoms with van der Waals surface area (Å²) >= 11 is 0. The fourth-order valence-electron chi connectivity index (χ4n) is 9.08. The van der Waals surface area contributed by atoms with Crippen LogP contribution in [0.3, 0.4) is 0 Å². The third kappa shape index (κ3) is 3.65. The van der Waals surface area contributed by atoms with E-state index in [1.807, 2.05) is 0 Å². The first-order chi connectivity index (χ1) is 13.7. The van der Waals surface area contributed by atoms with Crippen LogP contribution in [-0.2, 0) is 4.79 Å². The van der Waals surface area contributed by atoms with E-state index in [9.17, 15) is 4.79 Å². The monoisotopic (exact) mass is 400 g/mol. The van der Waals surface area contributed by atoms with E-state index in [0.717, 1.165) is 54.3 Å². The van der Waals surface area contributed by atoms with Gasteiger partial charge in [0.05, 0.1) is 0 Å². The van der Waals surface area contributed by atoms with E-state index in [4.69, 9.17) is 0 Å². The van der Waals surface area contributed by atoms with Gasteiger partial charge in [-0.25, -0.2) is 0 Å². The molecule has 0 unspecified atom stereocenters. The van der Waals surface area contributed by atoms with E-state index in [1.54, 1.807) is 0 Å². The summed E-state index contributed by atoms with van der Waals surface area (Å²) in [6.45, 7) is 15.1. The van der Waals surface area contributed by atoms with Crippen molar-refractivity contribution in [2.45, 2.75) is 112 Å².